The molecule has 0 unspecified atom stereocenters. The van der Waals surface area contributed by atoms with Gasteiger partial charge in [0.05, 0.1) is 5.69 Å². The van der Waals surface area contributed by atoms with Crippen LogP contribution in [0.25, 0.3) is 17.0 Å². The Balaban J connectivity index is 2.21. The SMILES string of the molecule is CCSc1nnc2n(CC)c3c(c(=O)n12)C(CC)(CC)Cc1ccccc1-3. The second-order valence-corrected chi connectivity index (χ2v) is 8.38. The van der Waals surface area contributed by atoms with Crippen LogP contribution in [-0.4, -0.2) is 24.9 Å². The van der Waals surface area contributed by atoms with Gasteiger partial charge < -0.3 is 4.57 Å². The Morgan fingerprint density at radius 1 is 1.11 bits per heavy atom. The first-order valence-corrected chi connectivity index (χ1v) is 10.8. The molecule has 0 N–H and O–H groups in total. The van der Waals surface area contributed by atoms with Crippen LogP contribution < -0.4 is 5.56 Å². The van der Waals surface area contributed by atoms with Crippen LogP contribution in [0.15, 0.2) is 34.2 Å². The molecule has 1 aliphatic rings. The Bertz CT molecular complexity index is 1060. The van der Waals surface area contributed by atoms with Crippen molar-refractivity contribution in [2.24, 2.45) is 0 Å². The number of benzene rings is 1. The van der Waals surface area contributed by atoms with E-state index in [9.17, 15) is 4.79 Å². The molecule has 6 heteroatoms. The third-order valence-electron chi connectivity index (χ3n) is 6.06. The van der Waals surface area contributed by atoms with Crippen molar-refractivity contribution in [1.29, 1.82) is 0 Å². The number of nitrogens with zero attached hydrogens (tertiary/aromatic N) is 4. The number of aryl methyl sites for hydroxylation is 1. The number of hydrogen-bond donors (Lipinski definition) is 0. The van der Waals surface area contributed by atoms with E-state index in [0.717, 1.165) is 42.8 Å². The highest BCUT2D eigenvalue weighted by atomic mass is 32.2. The van der Waals surface area contributed by atoms with Crippen molar-refractivity contribution in [1.82, 2.24) is 19.2 Å². The molecule has 0 atom stereocenters. The lowest BCUT2D eigenvalue weighted by Gasteiger charge is -2.39. The Morgan fingerprint density at radius 2 is 1.85 bits per heavy atom. The predicted molar refractivity (Wildman–Crippen MR) is 111 cm³/mol. The van der Waals surface area contributed by atoms with Gasteiger partial charge in [-0.25, -0.2) is 4.40 Å². The van der Waals surface area contributed by atoms with Gasteiger partial charge in [0.25, 0.3) is 5.56 Å². The van der Waals surface area contributed by atoms with Gasteiger partial charge in [0.2, 0.25) is 5.78 Å². The van der Waals surface area contributed by atoms with Gasteiger partial charge in [0.1, 0.15) is 0 Å². The van der Waals surface area contributed by atoms with Crippen LogP contribution in [0.2, 0.25) is 0 Å². The number of hydrogen-bond acceptors (Lipinski definition) is 4. The molecule has 0 spiro atoms. The highest BCUT2D eigenvalue weighted by molar-refractivity contribution is 7.99. The molecule has 3 aromatic rings. The molecule has 2 heterocycles. The summed E-state index contributed by atoms with van der Waals surface area (Å²) in [7, 11) is 0. The predicted octanol–water partition coefficient (Wildman–Crippen LogP) is 4.30. The van der Waals surface area contributed by atoms with Crippen molar-refractivity contribution >= 4 is 17.5 Å². The molecule has 0 amide bonds. The summed E-state index contributed by atoms with van der Waals surface area (Å²) >= 11 is 1.57. The van der Waals surface area contributed by atoms with Crippen LogP contribution in [0.1, 0.15) is 51.7 Å². The number of rotatable bonds is 5. The first kappa shape index (κ1) is 18.3. The fourth-order valence-electron chi connectivity index (χ4n) is 4.56. The monoisotopic (exact) mass is 382 g/mol. The fourth-order valence-corrected chi connectivity index (χ4v) is 5.21. The van der Waals surface area contributed by atoms with Crippen LogP contribution >= 0.6 is 11.8 Å². The molecule has 0 radical (unpaired) electrons. The van der Waals surface area contributed by atoms with Crippen LogP contribution in [0, 0.1) is 0 Å². The topological polar surface area (TPSA) is 52.2 Å². The fraction of sp³-hybridized carbons (Fsp3) is 0.476. The van der Waals surface area contributed by atoms with E-state index in [4.69, 9.17) is 0 Å². The maximum Gasteiger partial charge on any atom is 0.265 e. The Morgan fingerprint density at radius 3 is 2.52 bits per heavy atom. The minimum atomic E-state index is -0.149. The Kier molecular flexibility index (Phi) is 4.62. The average Bonchev–Trinajstić information content (AvgIpc) is 3.12. The number of fused-ring (bicyclic) bond motifs is 4. The molecule has 0 saturated carbocycles. The first-order chi connectivity index (χ1) is 13.1. The summed E-state index contributed by atoms with van der Waals surface area (Å²) in [6.07, 6.45) is 2.79. The third kappa shape index (κ3) is 2.49. The maximum absolute atomic E-state index is 13.8. The van der Waals surface area contributed by atoms with Gasteiger partial charge in [-0.15, -0.1) is 10.2 Å². The van der Waals surface area contributed by atoms with E-state index in [2.05, 4.69) is 66.7 Å². The zero-order chi connectivity index (χ0) is 19.2. The van der Waals surface area contributed by atoms with Gasteiger partial charge in [-0.3, -0.25) is 4.79 Å². The van der Waals surface area contributed by atoms with Gasteiger partial charge in [0, 0.05) is 23.1 Å². The molecule has 5 nitrogen and oxygen atoms in total. The Labute approximate surface area is 163 Å². The van der Waals surface area contributed by atoms with Crippen molar-refractivity contribution in [2.45, 2.75) is 64.1 Å². The second kappa shape index (κ2) is 6.82. The zero-order valence-corrected chi connectivity index (χ0v) is 17.3. The first-order valence-electron chi connectivity index (χ1n) is 9.85. The zero-order valence-electron chi connectivity index (χ0n) is 16.5. The van der Waals surface area contributed by atoms with Crippen LogP contribution in [-0.2, 0) is 18.4 Å². The molecular weight excluding hydrogens is 356 g/mol. The molecule has 4 rings (SSSR count). The van der Waals surface area contributed by atoms with Crippen molar-refractivity contribution in [3.63, 3.8) is 0 Å². The van der Waals surface area contributed by atoms with Crippen molar-refractivity contribution in [2.75, 3.05) is 5.75 Å². The minimum absolute atomic E-state index is 0.0591. The van der Waals surface area contributed by atoms with E-state index in [1.807, 2.05) is 0 Å². The summed E-state index contributed by atoms with van der Waals surface area (Å²) in [6, 6.07) is 8.50. The summed E-state index contributed by atoms with van der Waals surface area (Å²) in [5.74, 6) is 1.51. The van der Waals surface area contributed by atoms with E-state index in [1.165, 1.54) is 11.1 Å². The van der Waals surface area contributed by atoms with E-state index >= 15 is 0 Å². The highest BCUT2D eigenvalue weighted by Crippen LogP contribution is 2.45. The molecule has 1 aliphatic carbocycles. The summed E-state index contributed by atoms with van der Waals surface area (Å²) < 4.78 is 3.92. The molecule has 27 heavy (non-hydrogen) atoms. The minimum Gasteiger partial charge on any atom is -0.309 e. The van der Waals surface area contributed by atoms with Gasteiger partial charge >= 0.3 is 0 Å². The highest BCUT2D eigenvalue weighted by Gasteiger charge is 2.41. The largest absolute Gasteiger partial charge is 0.309 e. The van der Waals surface area contributed by atoms with Crippen molar-refractivity contribution < 1.29 is 0 Å². The Hall–Kier alpha value is -2.08. The smallest absolute Gasteiger partial charge is 0.265 e. The molecule has 1 aromatic carbocycles. The lowest BCUT2D eigenvalue weighted by atomic mass is 9.66. The van der Waals surface area contributed by atoms with E-state index < -0.39 is 0 Å². The van der Waals surface area contributed by atoms with E-state index in [1.54, 1.807) is 16.2 Å². The van der Waals surface area contributed by atoms with Gasteiger partial charge in [-0.1, -0.05) is 56.8 Å². The molecule has 0 bridgehead atoms. The van der Waals surface area contributed by atoms with Crippen molar-refractivity contribution in [3.05, 3.63) is 45.7 Å². The summed E-state index contributed by atoms with van der Waals surface area (Å²) in [6.45, 7) is 9.34. The normalized spacial score (nSPS) is 15.0. The molecule has 2 aromatic heterocycles. The number of aromatic nitrogens is 4. The van der Waals surface area contributed by atoms with Crippen molar-refractivity contribution in [3.8, 4) is 11.3 Å². The lowest BCUT2D eigenvalue weighted by Crippen LogP contribution is -2.41. The summed E-state index contributed by atoms with van der Waals surface area (Å²) in [4.78, 5) is 13.8. The average molecular weight is 383 g/mol. The molecule has 0 saturated heterocycles. The number of thioether (sulfide) groups is 1. The third-order valence-corrected chi connectivity index (χ3v) is 6.87. The lowest BCUT2D eigenvalue weighted by molar-refractivity contribution is 0.380. The second-order valence-electron chi connectivity index (χ2n) is 7.15. The molecule has 0 fully saturated rings. The standard InChI is InChI=1S/C21H26N4OS/c1-5-21(6-2)13-14-11-9-10-12-15(14)17-16(21)18(26)25-19(24(17)7-3)22-23-20(25)27-8-4/h9-12H,5-8,13H2,1-4H3. The molecule has 142 valence electrons. The van der Waals surface area contributed by atoms with E-state index in [0.29, 0.717) is 10.9 Å². The summed E-state index contributed by atoms with van der Waals surface area (Å²) in [5.41, 5.74) is 4.38. The van der Waals surface area contributed by atoms with Crippen LogP contribution in [0.3, 0.4) is 0 Å². The van der Waals surface area contributed by atoms with Gasteiger partial charge in [0.15, 0.2) is 5.16 Å². The molecule has 0 aliphatic heterocycles. The van der Waals surface area contributed by atoms with Gasteiger partial charge in [-0.2, -0.15) is 0 Å². The van der Waals surface area contributed by atoms with Gasteiger partial charge in [-0.05, 0) is 37.5 Å². The van der Waals surface area contributed by atoms with E-state index in [-0.39, 0.29) is 11.0 Å². The maximum atomic E-state index is 13.8. The van der Waals surface area contributed by atoms with Crippen LogP contribution in [0.5, 0.6) is 0 Å². The molecular formula is C21H26N4OS. The summed E-state index contributed by atoms with van der Waals surface area (Å²) in [5, 5.41) is 9.44. The quantitative estimate of drug-likeness (QED) is 0.617. The van der Waals surface area contributed by atoms with Crippen LogP contribution in [0.4, 0.5) is 0 Å².